The zero-order valence-electron chi connectivity index (χ0n) is 13.9. The third-order valence-corrected chi connectivity index (χ3v) is 5.25. The number of carbonyl (C=O) groups is 1. The van der Waals surface area contributed by atoms with Crippen LogP contribution in [-0.4, -0.2) is 27.2 Å². The van der Waals surface area contributed by atoms with Crippen LogP contribution < -0.4 is 10.6 Å². The number of nitrogens with one attached hydrogen (secondary N) is 2. The van der Waals surface area contributed by atoms with Gasteiger partial charge in [0.25, 0.3) is 0 Å². The Morgan fingerprint density at radius 2 is 1.65 bits per heavy atom. The summed E-state index contributed by atoms with van der Waals surface area (Å²) in [6.45, 7) is 3.37. The number of benzene rings is 1. The van der Waals surface area contributed by atoms with Gasteiger partial charge in [-0.05, 0) is 29.4 Å². The van der Waals surface area contributed by atoms with Crippen molar-refractivity contribution in [3.8, 4) is 0 Å². The maximum atomic E-state index is 11.9. The minimum absolute atomic E-state index is 0.0414. The zero-order chi connectivity index (χ0) is 16.9. The number of hydrogen-bond donors (Lipinski definition) is 2. The molecular formula is C17H26N2O3S. The van der Waals surface area contributed by atoms with Gasteiger partial charge in [-0.3, -0.25) is 0 Å². The van der Waals surface area contributed by atoms with Crippen molar-refractivity contribution in [3.05, 3.63) is 35.4 Å². The molecule has 1 saturated carbocycles. The molecule has 1 aromatic rings. The zero-order valence-corrected chi connectivity index (χ0v) is 14.7. The van der Waals surface area contributed by atoms with E-state index >= 15 is 0 Å². The van der Waals surface area contributed by atoms with E-state index < -0.39 is 9.84 Å². The summed E-state index contributed by atoms with van der Waals surface area (Å²) in [6, 6.07) is 7.11. The summed E-state index contributed by atoms with van der Waals surface area (Å²) in [7, 11) is -3.02. The van der Waals surface area contributed by atoms with Crippen LogP contribution in [-0.2, 0) is 22.1 Å². The van der Waals surface area contributed by atoms with Gasteiger partial charge in [0.15, 0.2) is 9.84 Å². The van der Waals surface area contributed by atoms with Gasteiger partial charge in [-0.1, -0.05) is 44.0 Å². The largest absolute Gasteiger partial charge is 0.338 e. The fourth-order valence-electron chi connectivity index (χ4n) is 3.00. The van der Waals surface area contributed by atoms with Crippen molar-refractivity contribution in [2.24, 2.45) is 5.41 Å². The molecule has 1 aliphatic carbocycles. The molecule has 1 aromatic carbocycles. The molecule has 128 valence electrons. The molecule has 2 amide bonds. The molecule has 0 atom stereocenters. The molecule has 1 aliphatic rings. The molecule has 5 nitrogen and oxygen atoms in total. The molecule has 0 aromatic heterocycles. The number of rotatable bonds is 6. The van der Waals surface area contributed by atoms with Crippen molar-refractivity contribution >= 4 is 15.9 Å². The van der Waals surface area contributed by atoms with Gasteiger partial charge in [-0.25, -0.2) is 13.2 Å². The van der Waals surface area contributed by atoms with Crippen LogP contribution in [0.15, 0.2) is 24.3 Å². The molecule has 23 heavy (non-hydrogen) atoms. The van der Waals surface area contributed by atoms with Crippen LogP contribution in [0.2, 0.25) is 0 Å². The van der Waals surface area contributed by atoms with E-state index in [2.05, 4.69) is 17.6 Å². The third kappa shape index (κ3) is 6.22. The lowest BCUT2D eigenvalue weighted by atomic mass is 9.89. The summed E-state index contributed by atoms with van der Waals surface area (Å²) in [6.07, 6.45) is 6.07. The van der Waals surface area contributed by atoms with Gasteiger partial charge in [0.1, 0.15) is 0 Å². The van der Waals surface area contributed by atoms with Crippen molar-refractivity contribution in [2.75, 3.05) is 12.8 Å². The van der Waals surface area contributed by atoms with E-state index in [4.69, 9.17) is 0 Å². The monoisotopic (exact) mass is 338 g/mol. The maximum absolute atomic E-state index is 11.9. The molecule has 0 spiro atoms. The highest BCUT2D eigenvalue weighted by molar-refractivity contribution is 7.89. The number of amides is 2. The average Bonchev–Trinajstić information content (AvgIpc) is 2.90. The van der Waals surface area contributed by atoms with Crippen LogP contribution in [0, 0.1) is 5.41 Å². The van der Waals surface area contributed by atoms with Gasteiger partial charge in [0.2, 0.25) is 0 Å². The van der Waals surface area contributed by atoms with E-state index in [1.807, 2.05) is 12.1 Å². The van der Waals surface area contributed by atoms with Crippen LogP contribution in [0.3, 0.4) is 0 Å². The van der Waals surface area contributed by atoms with Crippen molar-refractivity contribution < 1.29 is 13.2 Å². The van der Waals surface area contributed by atoms with Gasteiger partial charge < -0.3 is 10.6 Å². The van der Waals surface area contributed by atoms with Gasteiger partial charge in [-0.2, -0.15) is 0 Å². The fraction of sp³-hybridized carbons (Fsp3) is 0.588. The smallest absolute Gasteiger partial charge is 0.315 e. The van der Waals surface area contributed by atoms with Crippen molar-refractivity contribution in [1.82, 2.24) is 10.6 Å². The van der Waals surface area contributed by atoms with E-state index in [1.165, 1.54) is 31.9 Å². The van der Waals surface area contributed by atoms with Crippen molar-refractivity contribution in [3.63, 3.8) is 0 Å². The average molecular weight is 338 g/mol. The first-order valence-electron chi connectivity index (χ1n) is 8.03. The van der Waals surface area contributed by atoms with Gasteiger partial charge in [0.05, 0.1) is 5.75 Å². The Morgan fingerprint density at radius 1 is 1.09 bits per heavy atom. The second kappa shape index (κ2) is 7.34. The lowest BCUT2D eigenvalue weighted by molar-refractivity contribution is 0.231. The standard InChI is InChI=1S/C17H26N2O3S/c1-17(9-3-4-10-17)13-19-16(20)18-11-14-5-7-15(8-6-14)12-23(2,21)22/h5-8H,3-4,9-13H2,1-2H3,(H2,18,19,20). The van der Waals surface area contributed by atoms with E-state index in [1.54, 1.807) is 12.1 Å². The fourth-order valence-corrected chi connectivity index (χ4v) is 3.80. The Labute approximate surface area is 138 Å². The lowest BCUT2D eigenvalue weighted by Crippen LogP contribution is -2.40. The van der Waals surface area contributed by atoms with Gasteiger partial charge >= 0.3 is 6.03 Å². The van der Waals surface area contributed by atoms with E-state index in [0.29, 0.717) is 13.1 Å². The molecule has 0 heterocycles. The molecule has 0 aliphatic heterocycles. The molecule has 6 heteroatoms. The lowest BCUT2D eigenvalue weighted by Gasteiger charge is -2.23. The molecule has 1 fully saturated rings. The minimum atomic E-state index is -3.02. The Bertz CT molecular complexity index is 632. The molecule has 0 unspecified atom stereocenters. The topological polar surface area (TPSA) is 75.3 Å². The normalized spacial score (nSPS) is 17.0. The van der Waals surface area contributed by atoms with Crippen LogP contribution in [0.4, 0.5) is 4.79 Å². The number of sulfone groups is 1. The SMILES string of the molecule is CC1(CNC(=O)NCc2ccc(CS(C)(=O)=O)cc2)CCCC1. The molecule has 0 radical (unpaired) electrons. The highest BCUT2D eigenvalue weighted by Crippen LogP contribution is 2.36. The van der Waals surface area contributed by atoms with Crippen molar-refractivity contribution in [1.29, 1.82) is 0 Å². The predicted octanol–water partition coefficient (Wildman–Crippen LogP) is 2.61. The molecule has 2 N–H and O–H groups in total. The third-order valence-electron chi connectivity index (χ3n) is 4.39. The first-order chi connectivity index (χ1) is 10.8. The Hall–Kier alpha value is -1.56. The molecule has 0 saturated heterocycles. The maximum Gasteiger partial charge on any atom is 0.315 e. The highest BCUT2D eigenvalue weighted by atomic mass is 32.2. The number of carbonyl (C=O) groups excluding carboxylic acids is 1. The van der Waals surface area contributed by atoms with Crippen LogP contribution in [0.1, 0.15) is 43.7 Å². The van der Waals surface area contributed by atoms with Gasteiger partial charge in [0, 0.05) is 19.3 Å². The highest BCUT2D eigenvalue weighted by Gasteiger charge is 2.28. The Morgan fingerprint density at radius 3 is 2.22 bits per heavy atom. The van der Waals surface area contributed by atoms with E-state index in [0.717, 1.165) is 11.1 Å². The van der Waals surface area contributed by atoms with Crippen LogP contribution in [0.25, 0.3) is 0 Å². The number of hydrogen-bond acceptors (Lipinski definition) is 3. The first kappa shape index (κ1) is 17.8. The number of urea groups is 1. The van der Waals surface area contributed by atoms with E-state index in [9.17, 15) is 13.2 Å². The second-order valence-corrected chi connectivity index (χ2v) is 9.08. The second-order valence-electron chi connectivity index (χ2n) is 6.94. The summed E-state index contributed by atoms with van der Waals surface area (Å²) in [5, 5.41) is 5.79. The summed E-state index contributed by atoms with van der Waals surface area (Å²) >= 11 is 0. The Kier molecular flexibility index (Phi) is 5.68. The summed E-state index contributed by atoms with van der Waals surface area (Å²) in [5.41, 5.74) is 1.95. The minimum Gasteiger partial charge on any atom is -0.338 e. The van der Waals surface area contributed by atoms with E-state index in [-0.39, 0.29) is 17.2 Å². The van der Waals surface area contributed by atoms with Crippen molar-refractivity contribution in [2.45, 2.75) is 44.9 Å². The summed E-state index contributed by atoms with van der Waals surface area (Å²) < 4.78 is 22.5. The van der Waals surface area contributed by atoms with Gasteiger partial charge in [-0.15, -0.1) is 0 Å². The summed E-state index contributed by atoms with van der Waals surface area (Å²) in [4.78, 5) is 11.9. The first-order valence-corrected chi connectivity index (χ1v) is 10.1. The summed E-state index contributed by atoms with van der Waals surface area (Å²) in [5.74, 6) is 0.0414. The predicted molar refractivity (Wildman–Crippen MR) is 91.8 cm³/mol. The quantitative estimate of drug-likeness (QED) is 0.837. The molecule has 0 bridgehead atoms. The van der Waals surface area contributed by atoms with Crippen LogP contribution >= 0.6 is 0 Å². The van der Waals surface area contributed by atoms with Crippen LogP contribution in [0.5, 0.6) is 0 Å². The Balaban J connectivity index is 1.75. The molecule has 2 rings (SSSR count). The molecular weight excluding hydrogens is 312 g/mol.